The van der Waals surface area contributed by atoms with Crippen molar-refractivity contribution in [1.29, 1.82) is 0 Å². The first-order valence-electron chi connectivity index (χ1n) is 10.4. The molecule has 1 amide bonds. The van der Waals surface area contributed by atoms with E-state index in [0.29, 0.717) is 16.5 Å². The van der Waals surface area contributed by atoms with Gasteiger partial charge in [0.1, 0.15) is 11.5 Å². The maximum absolute atomic E-state index is 12.6. The Morgan fingerprint density at radius 2 is 1.70 bits per heavy atom. The van der Waals surface area contributed by atoms with Crippen LogP contribution in [0.2, 0.25) is 0 Å². The van der Waals surface area contributed by atoms with Crippen LogP contribution < -0.4 is 9.47 Å². The number of thioether (sulfide) groups is 1. The molecule has 6 nitrogen and oxygen atoms in total. The molecule has 0 bridgehead atoms. The van der Waals surface area contributed by atoms with Gasteiger partial charge in [0.05, 0.1) is 30.9 Å². The van der Waals surface area contributed by atoms with E-state index in [4.69, 9.17) is 14.6 Å². The van der Waals surface area contributed by atoms with Gasteiger partial charge in [-0.2, -0.15) is 10.1 Å². The normalized spacial score (nSPS) is 19.1. The molecular weight excluding hydrogens is 454 g/mol. The molecule has 1 atom stereocenters. The molecule has 2 aromatic carbocycles. The Balaban J connectivity index is 1.48. The van der Waals surface area contributed by atoms with Gasteiger partial charge in [0.25, 0.3) is 5.91 Å². The Labute approximate surface area is 200 Å². The largest absolute Gasteiger partial charge is 0.497 e. The van der Waals surface area contributed by atoms with Crippen molar-refractivity contribution in [3.63, 3.8) is 0 Å². The number of rotatable bonds is 5. The van der Waals surface area contributed by atoms with Crippen LogP contribution in [0.25, 0.3) is 6.08 Å². The minimum atomic E-state index is -0.232. The maximum Gasteiger partial charge on any atom is 0.286 e. The SMILES string of the molecule is COc1ccc(C2=NN(C3=NC(=O)/C(=C/c4cccs4)S3)C(c3ccc(OC)cc3)C2)cc1. The van der Waals surface area contributed by atoms with Crippen LogP contribution in [-0.2, 0) is 4.79 Å². The lowest BCUT2D eigenvalue weighted by Crippen LogP contribution is -2.23. The van der Waals surface area contributed by atoms with Gasteiger partial charge in [-0.3, -0.25) is 4.79 Å². The molecule has 0 spiro atoms. The first-order valence-corrected chi connectivity index (χ1v) is 12.1. The second kappa shape index (κ2) is 9.25. The highest BCUT2D eigenvalue weighted by molar-refractivity contribution is 8.18. The molecule has 1 unspecified atom stereocenters. The Kier molecular flexibility index (Phi) is 6.02. The molecule has 33 heavy (non-hydrogen) atoms. The van der Waals surface area contributed by atoms with E-state index < -0.39 is 0 Å². The lowest BCUT2D eigenvalue weighted by atomic mass is 9.98. The first kappa shape index (κ1) is 21.5. The summed E-state index contributed by atoms with van der Waals surface area (Å²) in [5.41, 5.74) is 3.03. The van der Waals surface area contributed by atoms with Gasteiger partial charge < -0.3 is 9.47 Å². The van der Waals surface area contributed by atoms with E-state index in [1.54, 1.807) is 25.6 Å². The van der Waals surface area contributed by atoms with Crippen LogP contribution in [0.5, 0.6) is 11.5 Å². The van der Waals surface area contributed by atoms with E-state index in [1.165, 1.54) is 11.8 Å². The molecule has 0 fully saturated rings. The number of nitrogens with zero attached hydrogens (tertiary/aromatic N) is 3. The van der Waals surface area contributed by atoms with Crippen LogP contribution in [0.3, 0.4) is 0 Å². The fourth-order valence-corrected chi connectivity index (χ4v) is 5.37. The highest BCUT2D eigenvalue weighted by atomic mass is 32.2. The van der Waals surface area contributed by atoms with Crippen molar-refractivity contribution in [2.24, 2.45) is 10.1 Å². The Bertz CT molecular complexity index is 1250. The second-order valence-corrected chi connectivity index (χ2v) is 9.43. The summed E-state index contributed by atoms with van der Waals surface area (Å²) < 4.78 is 10.6. The van der Waals surface area contributed by atoms with Crippen molar-refractivity contribution in [1.82, 2.24) is 5.01 Å². The fourth-order valence-electron chi connectivity index (χ4n) is 3.73. The number of carbonyl (C=O) groups excluding carboxylic acids is 1. The lowest BCUT2D eigenvalue weighted by Gasteiger charge is -2.22. The van der Waals surface area contributed by atoms with Crippen LogP contribution in [0.4, 0.5) is 0 Å². The zero-order valence-corrected chi connectivity index (χ0v) is 19.7. The number of aliphatic imine (C=N–C) groups is 1. The van der Waals surface area contributed by atoms with Crippen LogP contribution in [-0.4, -0.2) is 36.0 Å². The summed E-state index contributed by atoms with van der Waals surface area (Å²) in [6.45, 7) is 0. The van der Waals surface area contributed by atoms with Crippen LogP contribution in [0.15, 0.2) is 81.0 Å². The molecule has 3 heterocycles. The molecule has 1 aromatic heterocycles. The number of benzene rings is 2. The molecule has 5 rings (SSSR count). The lowest BCUT2D eigenvalue weighted by molar-refractivity contribution is -0.113. The van der Waals surface area contributed by atoms with Gasteiger partial charge in [-0.05, 0) is 76.8 Å². The molecule has 2 aliphatic rings. The topological polar surface area (TPSA) is 63.5 Å². The average molecular weight is 476 g/mol. The summed E-state index contributed by atoms with van der Waals surface area (Å²) in [7, 11) is 3.30. The number of amides is 1. The van der Waals surface area contributed by atoms with E-state index in [2.05, 4.69) is 4.99 Å². The highest BCUT2D eigenvalue weighted by Crippen LogP contribution is 2.40. The average Bonchev–Trinajstić information content (AvgIpc) is 3.60. The predicted octanol–water partition coefficient (Wildman–Crippen LogP) is 5.59. The number of amidine groups is 1. The summed E-state index contributed by atoms with van der Waals surface area (Å²) in [5, 5.41) is 9.37. The van der Waals surface area contributed by atoms with Gasteiger partial charge in [-0.1, -0.05) is 18.2 Å². The quantitative estimate of drug-likeness (QED) is 0.450. The molecule has 166 valence electrons. The molecule has 0 radical (unpaired) electrons. The van der Waals surface area contributed by atoms with E-state index >= 15 is 0 Å². The fraction of sp³-hybridized carbons (Fsp3) is 0.160. The number of methoxy groups -OCH3 is 2. The number of ether oxygens (including phenoxy) is 2. The molecule has 0 saturated carbocycles. The van der Waals surface area contributed by atoms with Crippen LogP contribution in [0.1, 0.15) is 28.5 Å². The molecule has 2 aliphatic heterocycles. The summed E-state index contributed by atoms with van der Waals surface area (Å²) in [5.74, 6) is 1.36. The zero-order chi connectivity index (χ0) is 22.8. The number of hydrogen-bond donors (Lipinski definition) is 0. The molecule has 0 saturated heterocycles. The summed E-state index contributed by atoms with van der Waals surface area (Å²) in [4.78, 5) is 18.6. The number of carbonyl (C=O) groups is 1. The van der Waals surface area contributed by atoms with Crippen molar-refractivity contribution in [2.45, 2.75) is 12.5 Å². The molecular formula is C25H21N3O3S2. The van der Waals surface area contributed by atoms with Crippen molar-refractivity contribution in [3.05, 3.63) is 87.0 Å². The summed E-state index contributed by atoms with van der Waals surface area (Å²) >= 11 is 2.96. The number of thiophene rings is 1. The van der Waals surface area contributed by atoms with Gasteiger partial charge in [0, 0.05) is 11.3 Å². The third-order valence-electron chi connectivity index (χ3n) is 5.46. The van der Waals surface area contributed by atoms with Crippen molar-refractivity contribution in [2.75, 3.05) is 14.2 Å². The van der Waals surface area contributed by atoms with Gasteiger partial charge in [0.2, 0.25) is 0 Å². The third kappa shape index (κ3) is 4.44. The minimum absolute atomic E-state index is 0.0758. The summed E-state index contributed by atoms with van der Waals surface area (Å²) in [6.07, 6.45) is 2.58. The van der Waals surface area contributed by atoms with E-state index in [1.807, 2.05) is 77.1 Å². The number of hydrogen-bond acceptors (Lipinski definition) is 7. The van der Waals surface area contributed by atoms with E-state index in [9.17, 15) is 4.79 Å². The first-order chi connectivity index (χ1) is 16.1. The van der Waals surface area contributed by atoms with Crippen LogP contribution in [0, 0.1) is 0 Å². The van der Waals surface area contributed by atoms with Gasteiger partial charge in [0.15, 0.2) is 5.17 Å². The predicted molar refractivity (Wildman–Crippen MR) is 134 cm³/mol. The van der Waals surface area contributed by atoms with Gasteiger partial charge in [-0.15, -0.1) is 11.3 Å². The summed E-state index contributed by atoms with van der Waals surface area (Å²) in [6, 6.07) is 19.7. The van der Waals surface area contributed by atoms with Crippen molar-refractivity contribution < 1.29 is 14.3 Å². The van der Waals surface area contributed by atoms with E-state index in [0.717, 1.165) is 33.2 Å². The molecule has 0 N–H and O–H groups in total. The van der Waals surface area contributed by atoms with Crippen molar-refractivity contribution >= 4 is 46.0 Å². The molecule has 0 aliphatic carbocycles. The Morgan fingerprint density at radius 1 is 1.00 bits per heavy atom. The smallest absolute Gasteiger partial charge is 0.286 e. The second-order valence-electron chi connectivity index (χ2n) is 7.44. The monoisotopic (exact) mass is 475 g/mol. The highest BCUT2D eigenvalue weighted by Gasteiger charge is 2.36. The molecule has 3 aromatic rings. The van der Waals surface area contributed by atoms with Crippen LogP contribution >= 0.6 is 23.1 Å². The maximum atomic E-state index is 12.6. The van der Waals surface area contributed by atoms with E-state index in [-0.39, 0.29) is 11.9 Å². The zero-order valence-electron chi connectivity index (χ0n) is 18.1. The van der Waals surface area contributed by atoms with Crippen molar-refractivity contribution in [3.8, 4) is 11.5 Å². The molecule has 8 heteroatoms. The third-order valence-corrected chi connectivity index (χ3v) is 7.25. The minimum Gasteiger partial charge on any atom is -0.497 e. The van der Waals surface area contributed by atoms with Gasteiger partial charge in [-0.25, -0.2) is 5.01 Å². The Hall–Kier alpha value is -3.36. The van der Waals surface area contributed by atoms with Gasteiger partial charge >= 0.3 is 0 Å². The number of hydrazone groups is 1. The standard InChI is InChI=1S/C25H21N3O3S2/c1-30-18-9-5-16(6-10-18)21-15-22(17-7-11-19(31-2)12-8-17)28(27-21)25-26-24(29)23(33-25)14-20-4-3-13-32-20/h3-14,22H,15H2,1-2H3/b23-14-. The Morgan fingerprint density at radius 3 is 2.33 bits per heavy atom.